The lowest BCUT2D eigenvalue weighted by atomic mass is 10.1. The lowest BCUT2D eigenvalue weighted by Gasteiger charge is -2.13. The number of hydrogen-bond acceptors (Lipinski definition) is 3. The Kier molecular flexibility index (Phi) is 4.09. The van der Waals surface area contributed by atoms with Gasteiger partial charge in [-0.1, -0.05) is 0 Å². The van der Waals surface area contributed by atoms with Crippen LogP contribution in [0.5, 0.6) is 11.5 Å². The largest absolute Gasteiger partial charge is 0.508 e. The molecule has 5 heteroatoms. The third-order valence-electron chi connectivity index (χ3n) is 2.19. The fourth-order valence-corrected chi connectivity index (χ4v) is 1.47. The van der Waals surface area contributed by atoms with E-state index in [1.165, 1.54) is 14.2 Å². The van der Waals surface area contributed by atoms with Crippen LogP contribution in [-0.4, -0.2) is 20.8 Å². The smallest absolute Gasteiger partial charge is 0.266 e. The second kappa shape index (κ2) is 5.33. The molecule has 86 valence electrons. The summed E-state index contributed by atoms with van der Waals surface area (Å²) in [6.45, 7) is 7.27. The Morgan fingerprint density at radius 1 is 1.44 bits per heavy atom. The van der Waals surface area contributed by atoms with Crippen molar-refractivity contribution in [2.45, 2.75) is 6.42 Å². The van der Waals surface area contributed by atoms with Crippen LogP contribution in [0.1, 0.15) is 5.56 Å². The summed E-state index contributed by atoms with van der Waals surface area (Å²) in [4.78, 5) is 3.09. The number of hydrogen-bond donors (Lipinski definition) is 1. The molecule has 0 atom stereocenters. The molecule has 2 N–H and O–H groups in total. The molecule has 0 amide bonds. The molecule has 0 fully saturated rings. The summed E-state index contributed by atoms with van der Waals surface area (Å²) in [6.07, 6.45) is 0.467. The summed E-state index contributed by atoms with van der Waals surface area (Å²) in [7, 11) is 2.75. The predicted molar refractivity (Wildman–Crippen MR) is 58.5 cm³/mol. The van der Waals surface area contributed by atoms with E-state index < -0.39 is 5.82 Å². The van der Waals surface area contributed by atoms with Crippen LogP contribution < -0.4 is 15.2 Å². The van der Waals surface area contributed by atoms with Gasteiger partial charge in [-0.15, -0.1) is 0 Å². The number of halogens is 1. The van der Waals surface area contributed by atoms with Crippen LogP contribution in [0.2, 0.25) is 0 Å². The average molecular weight is 224 g/mol. The predicted octanol–water partition coefficient (Wildman–Crippen LogP) is 1.89. The van der Waals surface area contributed by atoms with Crippen molar-refractivity contribution < 1.29 is 13.9 Å². The highest BCUT2D eigenvalue weighted by atomic mass is 19.1. The van der Waals surface area contributed by atoms with E-state index in [1.807, 2.05) is 0 Å². The van der Waals surface area contributed by atoms with Crippen LogP contribution >= 0.6 is 0 Å². The maximum atomic E-state index is 13.8. The molecule has 1 aromatic carbocycles. The van der Waals surface area contributed by atoms with E-state index in [2.05, 4.69) is 4.85 Å². The lowest BCUT2D eigenvalue weighted by Crippen LogP contribution is -2.06. The maximum Gasteiger partial charge on any atom is 0.266 e. The summed E-state index contributed by atoms with van der Waals surface area (Å²) in [6, 6.07) is 1.59. The first kappa shape index (κ1) is 12.3. The molecule has 0 saturated heterocycles. The lowest BCUT2D eigenvalue weighted by molar-refractivity contribution is 0.375. The molecule has 0 unspecified atom stereocenters. The molecule has 0 aliphatic rings. The van der Waals surface area contributed by atoms with Crippen molar-refractivity contribution in [1.82, 2.24) is 0 Å². The summed E-state index contributed by atoms with van der Waals surface area (Å²) < 4.78 is 23.7. The van der Waals surface area contributed by atoms with E-state index >= 15 is 0 Å². The Labute approximate surface area is 93.6 Å². The summed E-state index contributed by atoms with van der Waals surface area (Å²) in [5, 5.41) is 0. The Bertz CT molecular complexity index is 427. The van der Waals surface area contributed by atoms with E-state index in [-0.39, 0.29) is 17.2 Å². The molecule has 1 aromatic rings. The Morgan fingerprint density at radius 2 is 2.12 bits per heavy atom. The highest BCUT2D eigenvalue weighted by molar-refractivity contribution is 5.64. The number of rotatable bonds is 4. The third kappa shape index (κ3) is 2.07. The quantitative estimate of drug-likeness (QED) is 0.794. The molecule has 1 rings (SSSR count). The standard InChI is InChI=1S/C11H13FN2O2/c1-14-10-8(15-2)6-7(4-5-13)11(16-3)9(10)12/h6H,4-5,13H2,2-3H3. The molecule has 4 nitrogen and oxygen atoms in total. The fraction of sp³-hybridized carbons (Fsp3) is 0.364. The van der Waals surface area contributed by atoms with Crippen molar-refractivity contribution in [3.8, 4) is 11.5 Å². The summed E-state index contributed by atoms with van der Waals surface area (Å²) in [5.41, 5.74) is 5.85. The fourth-order valence-electron chi connectivity index (χ4n) is 1.47. The SMILES string of the molecule is [C-]#[N+]c1c(OC)cc(CCN)c(OC)c1F. The molecule has 16 heavy (non-hydrogen) atoms. The molecular formula is C11H13FN2O2. The minimum atomic E-state index is -0.694. The number of benzene rings is 1. The zero-order valence-corrected chi connectivity index (χ0v) is 9.21. The van der Waals surface area contributed by atoms with Crippen molar-refractivity contribution in [2.24, 2.45) is 5.73 Å². The minimum absolute atomic E-state index is 0.0669. The Balaban J connectivity index is 3.42. The van der Waals surface area contributed by atoms with Gasteiger partial charge in [0, 0.05) is 0 Å². The molecule has 0 aromatic heterocycles. The van der Waals surface area contributed by atoms with Crippen LogP contribution in [0.15, 0.2) is 6.07 Å². The van der Waals surface area contributed by atoms with E-state index in [1.54, 1.807) is 6.07 Å². The minimum Gasteiger partial charge on any atom is -0.508 e. The summed E-state index contributed by atoms with van der Waals surface area (Å²) >= 11 is 0. The first-order valence-electron chi connectivity index (χ1n) is 4.70. The zero-order chi connectivity index (χ0) is 12.1. The average Bonchev–Trinajstić information content (AvgIpc) is 2.29. The van der Waals surface area contributed by atoms with Crippen LogP contribution in [-0.2, 0) is 6.42 Å². The van der Waals surface area contributed by atoms with Crippen LogP contribution in [0, 0.1) is 12.4 Å². The second-order valence-corrected chi connectivity index (χ2v) is 3.08. The topological polar surface area (TPSA) is 48.8 Å². The Hall–Kier alpha value is -1.80. The van der Waals surface area contributed by atoms with Gasteiger partial charge in [-0.2, -0.15) is 0 Å². The van der Waals surface area contributed by atoms with Gasteiger partial charge in [0.05, 0.1) is 20.8 Å². The molecule has 0 spiro atoms. The molecule has 0 aliphatic carbocycles. The summed E-state index contributed by atoms with van der Waals surface area (Å²) in [5.74, 6) is -0.422. The first-order chi connectivity index (χ1) is 7.69. The van der Waals surface area contributed by atoms with Crippen molar-refractivity contribution in [3.63, 3.8) is 0 Å². The van der Waals surface area contributed by atoms with Gasteiger partial charge in [0.1, 0.15) is 11.5 Å². The van der Waals surface area contributed by atoms with E-state index in [4.69, 9.17) is 21.8 Å². The molecule has 0 heterocycles. The van der Waals surface area contributed by atoms with Gasteiger partial charge < -0.3 is 15.2 Å². The number of ether oxygens (including phenoxy) is 2. The van der Waals surface area contributed by atoms with Crippen molar-refractivity contribution in [2.75, 3.05) is 20.8 Å². The van der Waals surface area contributed by atoms with Gasteiger partial charge in [-0.3, -0.25) is 0 Å². The first-order valence-corrected chi connectivity index (χ1v) is 4.70. The molecule has 0 saturated carbocycles. The van der Waals surface area contributed by atoms with Crippen LogP contribution in [0.25, 0.3) is 4.85 Å². The van der Waals surface area contributed by atoms with Gasteiger partial charge >= 0.3 is 0 Å². The molecule has 0 bridgehead atoms. The molecule has 0 aliphatic heterocycles. The van der Waals surface area contributed by atoms with Crippen molar-refractivity contribution >= 4 is 5.69 Å². The van der Waals surface area contributed by atoms with E-state index in [9.17, 15) is 4.39 Å². The van der Waals surface area contributed by atoms with Gasteiger partial charge in [-0.05, 0) is 24.6 Å². The monoisotopic (exact) mass is 224 g/mol. The molecular weight excluding hydrogens is 211 g/mol. The van der Waals surface area contributed by atoms with Gasteiger partial charge in [0.25, 0.3) is 5.69 Å². The van der Waals surface area contributed by atoms with Crippen molar-refractivity contribution in [3.05, 3.63) is 28.9 Å². The number of nitrogens with two attached hydrogens (primary N) is 1. The number of nitrogens with zero attached hydrogens (tertiary/aromatic N) is 1. The highest BCUT2D eigenvalue weighted by Gasteiger charge is 2.19. The van der Waals surface area contributed by atoms with Crippen LogP contribution in [0.4, 0.5) is 10.1 Å². The maximum absolute atomic E-state index is 13.8. The molecule has 0 radical (unpaired) electrons. The highest BCUT2D eigenvalue weighted by Crippen LogP contribution is 2.39. The van der Waals surface area contributed by atoms with Crippen molar-refractivity contribution in [1.29, 1.82) is 0 Å². The third-order valence-corrected chi connectivity index (χ3v) is 2.19. The van der Waals surface area contributed by atoms with E-state index in [0.717, 1.165) is 0 Å². The van der Waals surface area contributed by atoms with Gasteiger partial charge in [0.2, 0.25) is 0 Å². The normalized spacial score (nSPS) is 9.69. The van der Waals surface area contributed by atoms with E-state index in [0.29, 0.717) is 18.5 Å². The Morgan fingerprint density at radius 3 is 2.56 bits per heavy atom. The zero-order valence-electron chi connectivity index (χ0n) is 9.21. The van der Waals surface area contributed by atoms with Gasteiger partial charge in [0.15, 0.2) is 5.82 Å². The number of methoxy groups -OCH3 is 2. The van der Waals surface area contributed by atoms with Crippen LogP contribution in [0.3, 0.4) is 0 Å². The second-order valence-electron chi connectivity index (χ2n) is 3.08. The van der Waals surface area contributed by atoms with Gasteiger partial charge in [-0.25, -0.2) is 9.24 Å².